The molecule has 2 spiro atoms. The Labute approximate surface area is 402 Å². The first kappa shape index (κ1) is 44.5. The van der Waals surface area contributed by atoms with Crippen molar-refractivity contribution in [2.45, 2.75) is 145 Å². The van der Waals surface area contributed by atoms with Crippen LogP contribution < -0.4 is 10.6 Å². The van der Waals surface area contributed by atoms with Crippen LogP contribution in [0.4, 0.5) is 9.59 Å². The van der Waals surface area contributed by atoms with Crippen molar-refractivity contribution >= 4 is 24.0 Å². The summed E-state index contributed by atoms with van der Waals surface area (Å²) < 4.78 is 22.2. The summed E-state index contributed by atoms with van der Waals surface area (Å²) in [5, 5.41) is 5.89. The van der Waals surface area contributed by atoms with Crippen LogP contribution in [0.5, 0.6) is 0 Å². The highest BCUT2D eigenvalue weighted by molar-refractivity contribution is 5.88. The van der Waals surface area contributed by atoms with Crippen molar-refractivity contribution in [3.05, 3.63) is 72.6 Å². The lowest BCUT2D eigenvalue weighted by atomic mass is 9.66. The van der Waals surface area contributed by atoms with Crippen LogP contribution in [0.2, 0.25) is 0 Å². The predicted octanol–water partition coefficient (Wildman–Crippen LogP) is 8.00. The van der Waals surface area contributed by atoms with E-state index in [9.17, 15) is 19.2 Å². The largest absolute Gasteiger partial charge is 0.453 e. The van der Waals surface area contributed by atoms with E-state index in [1.165, 1.54) is 14.2 Å². The third-order valence-electron chi connectivity index (χ3n) is 17.9. The molecule has 16 nitrogen and oxygen atoms in total. The van der Waals surface area contributed by atoms with Crippen molar-refractivity contribution < 1.29 is 38.1 Å². The topological polar surface area (TPSA) is 193 Å². The number of aromatic amines is 2. The fourth-order valence-electron chi connectivity index (χ4n) is 13.2. The number of rotatable bonds is 11. The molecule has 69 heavy (non-hydrogen) atoms. The van der Waals surface area contributed by atoms with Gasteiger partial charge in [0.25, 0.3) is 0 Å². The molecule has 0 radical (unpaired) electrons. The third kappa shape index (κ3) is 7.89. The molecule has 8 fully saturated rings. The monoisotopic (exact) mass is 940 g/mol. The molecule has 4 N–H and O–H groups in total. The minimum absolute atomic E-state index is 0.0102. The van der Waals surface area contributed by atoms with Gasteiger partial charge < -0.3 is 49.3 Å². The number of hydrogen-bond donors (Lipinski definition) is 4. The van der Waals surface area contributed by atoms with Crippen LogP contribution in [-0.2, 0) is 28.5 Å². The van der Waals surface area contributed by atoms with Crippen molar-refractivity contribution in [3.63, 3.8) is 0 Å². The number of hydrogen-bond acceptors (Lipinski definition) is 10. The van der Waals surface area contributed by atoms with Crippen molar-refractivity contribution in [1.82, 2.24) is 40.4 Å². The van der Waals surface area contributed by atoms with Crippen LogP contribution in [-0.4, -0.2) is 117 Å². The molecular formula is C53H64N8O8. The molecule has 4 aromatic rings. The quantitative estimate of drug-likeness (QED) is 0.115. The number of benzene rings is 2. The molecule has 364 valence electrons. The van der Waals surface area contributed by atoms with E-state index in [1.807, 2.05) is 22.2 Å². The molecule has 4 saturated carbocycles. The molecule has 4 aliphatic carbocycles. The number of fused-ring (bicyclic) bond motifs is 2. The van der Waals surface area contributed by atoms with Gasteiger partial charge in [-0.05, 0) is 128 Å². The number of ether oxygens (including phenoxy) is 4. The van der Waals surface area contributed by atoms with Gasteiger partial charge in [0.1, 0.15) is 23.7 Å². The Morgan fingerprint density at radius 2 is 1.03 bits per heavy atom. The Morgan fingerprint density at radius 3 is 1.45 bits per heavy atom. The lowest BCUT2D eigenvalue weighted by Gasteiger charge is -2.46. The molecule has 4 saturated heterocycles. The molecule has 4 aliphatic heterocycles. The number of alkyl carbamates (subject to hydrolysis) is 2. The summed E-state index contributed by atoms with van der Waals surface area (Å²) in [6.07, 6.45) is 14.0. The van der Waals surface area contributed by atoms with Gasteiger partial charge in [-0.3, -0.25) is 9.59 Å². The summed E-state index contributed by atoms with van der Waals surface area (Å²) in [5.74, 6) is 1.34. The smallest absolute Gasteiger partial charge is 0.407 e. The molecule has 16 heteroatoms. The van der Waals surface area contributed by atoms with Crippen molar-refractivity contribution in [1.29, 1.82) is 0 Å². The van der Waals surface area contributed by atoms with Crippen LogP contribution >= 0.6 is 0 Å². The van der Waals surface area contributed by atoms with E-state index in [1.54, 1.807) is 0 Å². The average molecular weight is 941 g/mol. The number of nitrogens with one attached hydrogen (secondary N) is 4. The fraction of sp³-hybridized carbons (Fsp3) is 0.585. The Balaban J connectivity index is 0.732. The molecule has 12 rings (SSSR count). The maximum absolute atomic E-state index is 14.8. The van der Waals surface area contributed by atoms with Gasteiger partial charge in [-0.2, -0.15) is 0 Å². The van der Waals surface area contributed by atoms with Crippen LogP contribution in [0.3, 0.4) is 0 Å². The van der Waals surface area contributed by atoms with E-state index in [4.69, 9.17) is 28.9 Å². The lowest BCUT2D eigenvalue weighted by molar-refractivity contribution is -0.143. The number of aromatic nitrogens is 4. The number of carbonyl (C=O) groups is 4. The molecule has 2 aromatic carbocycles. The number of likely N-dealkylation sites (tertiary alicyclic amines) is 2. The van der Waals surface area contributed by atoms with Crippen molar-refractivity contribution in [3.8, 4) is 33.6 Å². The Kier molecular flexibility index (Phi) is 10.6. The summed E-state index contributed by atoms with van der Waals surface area (Å²) in [6, 6.07) is 15.1. The number of nitrogens with zero attached hydrogens (tertiary/aromatic N) is 4. The standard InChI is InChI=1S/C53H64N8O8/c1-50-16-13-40(50)60(46(62)42(58-48(64)66-3)34-14-21-68-52(23-34)17-18-52)38(25-50)44-54-28-36(56-44)32-9-5-30(6-10-32)31-7-11-33(12-8-31)37-29-55-45(57-37)39-26-51(2)27-41(51)61(39)47(63)43(59-49(65)67-4)35-15-22-69-53(24-35)19-20-53/h5-12,28-29,34-35,38-43H,13-27H2,1-4H3,(H,54,56)(H,55,57)(H,58,64)(H,59,65). The highest BCUT2D eigenvalue weighted by atomic mass is 16.5. The lowest BCUT2D eigenvalue weighted by Crippen LogP contribution is -2.58. The second kappa shape index (κ2) is 16.4. The maximum atomic E-state index is 14.8. The van der Waals surface area contributed by atoms with E-state index in [0.29, 0.717) is 26.1 Å². The summed E-state index contributed by atoms with van der Waals surface area (Å²) in [7, 11) is 2.68. The van der Waals surface area contributed by atoms with Gasteiger partial charge in [0, 0.05) is 25.3 Å². The van der Waals surface area contributed by atoms with Crippen LogP contribution in [0, 0.1) is 22.7 Å². The number of H-pyrrole nitrogens is 2. The van der Waals surface area contributed by atoms with Gasteiger partial charge in [-0.25, -0.2) is 19.6 Å². The Bertz CT molecular complexity index is 2660. The second-order valence-corrected chi connectivity index (χ2v) is 22.3. The minimum atomic E-state index is -0.693. The zero-order valence-corrected chi connectivity index (χ0v) is 40.1. The summed E-state index contributed by atoms with van der Waals surface area (Å²) in [4.78, 5) is 75.7. The Hall–Kier alpha value is -5.74. The van der Waals surface area contributed by atoms with Gasteiger partial charge in [0.15, 0.2) is 0 Å². The first-order valence-corrected chi connectivity index (χ1v) is 25.2. The second-order valence-electron chi connectivity index (χ2n) is 22.3. The highest BCUT2D eigenvalue weighted by Gasteiger charge is 2.65. The molecule has 10 unspecified atom stereocenters. The van der Waals surface area contributed by atoms with Crippen LogP contribution in [0.15, 0.2) is 60.9 Å². The normalized spacial score (nSPS) is 31.8. The summed E-state index contributed by atoms with van der Waals surface area (Å²) in [6.45, 7) is 5.69. The molecule has 6 heterocycles. The van der Waals surface area contributed by atoms with E-state index in [2.05, 4.69) is 83.0 Å². The van der Waals surface area contributed by atoms with Gasteiger partial charge >= 0.3 is 12.2 Å². The van der Waals surface area contributed by atoms with E-state index < -0.39 is 24.3 Å². The van der Waals surface area contributed by atoms with Gasteiger partial charge in [-0.1, -0.05) is 62.4 Å². The van der Waals surface area contributed by atoms with Crippen LogP contribution in [0.25, 0.3) is 33.6 Å². The van der Waals surface area contributed by atoms with Gasteiger partial charge in [0.2, 0.25) is 11.8 Å². The van der Waals surface area contributed by atoms with E-state index in [0.717, 1.165) is 116 Å². The fourth-order valence-corrected chi connectivity index (χ4v) is 13.2. The SMILES string of the molecule is COC(=O)NC(C(=O)N1C(c2ncc(-c3ccc(-c4ccc(-c5cnc(C6CC7(C)CC7N6C(=O)C(NC(=O)OC)C6CCOC7(CC7)C6)[nH]5)cc4)cc3)[nH]2)CC2(C)CCC12)C1CCOC2(CC2)C1. The number of amides is 4. The van der Waals surface area contributed by atoms with Crippen LogP contribution in [0.1, 0.15) is 121 Å². The molecule has 2 aromatic heterocycles. The number of imidazole rings is 2. The van der Waals surface area contributed by atoms with E-state index in [-0.39, 0.29) is 69.8 Å². The first-order chi connectivity index (χ1) is 33.3. The molecule has 10 atom stereocenters. The van der Waals surface area contributed by atoms with Crippen molar-refractivity contribution in [2.24, 2.45) is 22.7 Å². The summed E-state index contributed by atoms with van der Waals surface area (Å²) >= 11 is 0. The zero-order chi connectivity index (χ0) is 47.5. The first-order valence-electron chi connectivity index (χ1n) is 25.2. The van der Waals surface area contributed by atoms with Crippen molar-refractivity contribution in [2.75, 3.05) is 27.4 Å². The number of carbonyl (C=O) groups excluding carboxylic acids is 4. The number of methoxy groups -OCH3 is 2. The average Bonchev–Trinajstić information content (AvgIpc) is 4.24. The molecule has 4 amide bonds. The predicted molar refractivity (Wildman–Crippen MR) is 253 cm³/mol. The summed E-state index contributed by atoms with van der Waals surface area (Å²) in [5.41, 5.74) is 5.57. The van der Waals surface area contributed by atoms with E-state index >= 15 is 0 Å². The van der Waals surface area contributed by atoms with Gasteiger partial charge in [-0.15, -0.1) is 0 Å². The minimum Gasteiger partial charge on any atom is -0.453 e. The maximum Gasteiger partial charge on any atom is 0.407 e. The molecular weight excluding hydrogens is 877 g/mol. The molecule has 8 aliphatic rings. The highest BCUT2D eigenvalue weighted by Crippen LogP contribution is 2.63. The zero-order valence-electron chi connectivity index (χ0n) is 40.1. The Morgan fingerprint density at radius 1 is 0.594 bits per heavy atom. The van der Waals surface area contributed by atoms with Gasteiger partial charge in [0.05, 0.1) is 61.3 Å². The molecule has 0 bridgehead atoms. The third-order valence-corrected chi connectivity index (χ3v) is 17.9. The number of piperidine rings is 1.